The molecule has 1 aromatic carbocycles. The third-order valence-electron chi connectivity index (χ3n) is 2.88. The molecule has 0 radical (unpaired) electrons. The summed E-state index contributed by atoms with van der Waals surface area (Å²) in [7, 11) is 1.60. The summed E-state index contributed by atoms with van der Waals surface area (Å²) < 4.78 is 5.25. The standard InChI is InChI=1S/C14H15NO2/c1-4-6-10-9(2)15-13-11(14(10)16)7-5-8-12(13)17-3/h4-5,7-8H,1,6H2,2-3H3,(H,15,16). The first kappa shape index (κ1) is 11.5. The molecule has 1 N–H and O–H groups in total. The van der Waals surface area contributed by atoms with Crippen molar-refractivity contribution in [2.75, 3.05) is 7.11 Å². The van der Waals surface area contributed by atoms with Gasteiger partial charge in [-0.05, 0) is 25.5 Å². The van der Waals surface area contributed by atoms with E-state index in [4.69, 9.17) is 4.74 Å². The second-order valence-electron chi connectivity index (χ2n) is 3.93. The van der Waals surface area contributed by atoms with Gasteiger partial charge in [-0.3, -0.25) is 4.79 Å². The quantitative estimate of drug-likeness (QED) is 0.822. The number of aryl methyl sites for hydroxylation is 1. The zero-order valence-electron chi connectivity index (χ0n) is 10.0. The maximum absolute atomic E-state index is 12.3. The summed E-state index contributed by atoms with van der Waals surface area (Å²) in [6, 6.07) is 5.47. The largest absolute Gasteiger partial charge is 0.495 e. The molecule has 0 fully saturated rings. The van der Waals surface area contributed by atoms with E-state index < -0.39 is 0 Å². The second-order valence-corrected chi connectivity index (χ2v) is 3.93. The first-order valence-corrected chi connectivity index (χ1v) is 5.48. The Bertz CT molecular complexity index is 626. The lowest BCUT2D eigenvalue weighted by atomic mass is 10.1. The molecule has 3 nitrogen and oxygen atoms in total. The molecule has 1 heterocycles. The highest BCUT2D eigenvalue weighted by molar-refractivity contribution is 5.85. The van der Waals surface area contributed by atoms with E-state index in [-0.39, 0.29) is 5.43 Å². The molecule has 0 saturated heterocycles. The minimum atomic E-state index is 0.0510. The first-order chi connectivity index (χ1) is 8.19. The fourth-order valence-corrected chi connectivity index (χ4v) is 2.01. The summed E-state index contributed by atoms with van der Waals surface area (Å²) in [6.45, 7) is 5.57. The molecule has 3 heteroatoms. The Balaban J connectivity index is 2.85. The number of hydrogen-bond acceptors (Lipinski definition) is 2. The molecule has 0 bridgehead atoms. The fraction of sp³-hybridized carbons (Fsp3) is 0.214. The van der Waals surface area contributed by atoms with Gasteiger partial charge in [0, 0.05) is 16.6 Å². The van der Waals surface area contributed by atoms with Crippen LogP contribution >= 0.6 is 0 Å². The van der Waals surface area contributed by atoms with Crippen molar-refractivity contribution in [3.8, 4) is 5.75 Å². The molecule has 2 rings (SSSR count). The minimum absolute atomic E-state index is 0.0510. The van der Waals surface area contributed by atoms with Crippen molar-refractivity contribution in [3.63, 3.8) is 0 Å². The summed E-state index contributed by atoms with van der Waals surface area (Å²) in [4.78, 5) is 15.5. The molecule has 17 heavy (non-hydrogen) atoms. The Hall–Kier alpha value is -2.03. The Morgan fingerprint density at radius 1 is 1.47 bits per heavy atom. The number of pyridine rings is 1. The van der Waals surface area contributed by atoms with Crippen molar-refractivity contribution in [1.29, 1.82) is 0 Å². The lowest BCUT2D eigenvalue weighted by molar-refractivity contribution is 0.419. The van der Waals surface area contributed by atoms with Crippen LogP contribution in [0.1, 0.15) is 11.3 Å². The van der Waals surface area contributed by atoms with E-state index in [1.807, 2.05) is 25.1 Å². The third kappa shape index (κ3) is 1.84. The van der Waals surface area contributed by atoms with E-state index in [1.54, 1.807) is 13.2 Å². The number of aromatic amines is 1. The van der Waals surface area contributed by atoms with Gasteiger partial charge in [0.15, 0.2) is 5.43 Å². The van der Waals surface area contributed by atoms with Crippen LogP contribution in [0.15, 0.2) is 35.6 Å². The first-order valence-electron chi connectivity index (χ1n) is 5.48. The second kappa shape index (κ2) is 4.45. The SMILES string of the molecule is C=CCc1c(C)[nH]c2c(OC)cccc2c1=O. The minimum Gasteiger partial charge on any atom is -0.495 e. The van der Waals surface area contributed by atoms with Crippen LogP contribution in [0.2, 0.25) is 0 Å². The number of hydrogen-bond donors (Lipinski definition) is 1. The van der Waals surface area contributed by atoms with Gasteiger partial charge in [0.1, 0.15) is 5.75 Å². The number of fused-ring (bicyclic) bond motifs is 1. The number of aromatic nitrogens is 1. The van der Waals surface area contributed by atoms with Crippen LogP contribution in [-0.4, -0.2) is 12.1 Å². The number of nitrogens with one attached hydrogen (secondary N) is 1. The fourth-order valence-electron chi connectivity index (χ4n) is 2.01. The summed E-state index contributed by atoms with van der Waals surface area (Å²) >= 11 is 0. The van der Waals surface area contributed by atoms with Crippen molar-refractivity contribution in [1.82, 2.24) is 4.98 Å². The van der Waals surface area contributed by atoms with Gasteiger partial charge in [-0.1, -0.05) is 12.1 Å². The van der Waals surface area contributed by atoms with Crippen molar-refractivity contribution < 1.29 is 4.74 Å². The molecule has 1 aromatic heterocycles. The zero-order chi connectivity index (χ0) is 12.4. The molecule has 0 unspecified atom stereocenters. The molecule has 2 aromatic rings. The smallest absolute Gasteiger partial charge is 0.193 e. The Kier molecular flexibility index (Phi) is 3.00. The predicted octanol–water partition coefficient (Wildman–Crippen LogP) is 2.57. The molecule has 0 atom stereocenters. The molecule has 0 aliphatic heterocycles. The number of methoxy groups -OCH3 is 1. The monoisotopic (exact) mass is 229 g/mol. The average molecular weight is 229 g/mol. The van der Waals surface area contributed by atoms with Crippen LogP contribution < -0.4 is 10.2 Å². The number of para-hydroxylation sites is 1. The summed E-state index contributed by atoms with van der Waals surface area (Å²) in [5.41, 5.74) is 2.44. The number of H-pyrrole nitrogens is 1. The van der Waals surface area contributed by atoms with Crippen molar-refractivity contribution in [3.05, 3.63) is 52.3 Å². The van der Waals surface area contributed by atoms with Gasteiger partial charge in [-0.25, -0.2) is 0 Å². The predicted molar refractivity (Wildman–Crippen MR) is 69.8 cm³/mol. The topological polar surface area (TPSA) is 42.1 Å². The molecule has 88 valence electrons. The number of allylic oxidation sites excluding steroid dienone is 1. The van der Waals surface area contributed by atoms with Crippen LogP contribution in [0, 0.1) is 6.92 Å². The van der Waals surface area contributed by atoms with Crippen LogP contribution in [0.25, 0.3) is 10.9 Å². The lowest BCUT2D eigenvalue weighted by Crippen LogP contribution is -2.13. The maximum atomic E-state index is 12.3. The normalized spacial score (nSPS) is 10.5. The van der Waals surface area contributed by atoms with Crippen LogP contribution in [0.3, 0.4) is 0 Å². The highest BCUT2D eigenvalue weighted by Gasteiger charge is 2.10. The van der Waals surface area contributed by atoms with Crippen molar-refractivity contribution >= 4 is 10.9 Å². The Morgan fingerprint density at radius 2 is 2.24 bits per heavy atom. The summed E-state index contributed by atoms with van der Waals surface area (Å²) in [5, 5.41) is 0.659. The van der Waals surface area contributed by atoms with Gasteiger partial charge in [0.05, 0.1) is 12.6 Å². The van der Waals surface area contributed by atoms with Gasteiger partial charge in [-0.2, -0.15) is 0 Å². The molecule has 0 aliphatic carbocycles. The highest BCUT2D eigenvalue weighted by Crippen LogP contribution is 2.22. The van der Waals surface area contributed by atoms with E-state index in [0.29, 0.717) is 17.6 Å². The lowest BCUT2D eigenvalue weighted by Gasteiger charge is -2.09. The van der Waals surface area contributed by atoms with Gasteiger partial charge >= 0.3 is 0 Å². The van der Waals surface area contributed by atoms with E-state index in [0.717, 1.165) is 16.8 Å². The number of rotatable bonds is 3. The van der Waals surface area contributed by atoms with Gasteiger partial charge < -0.3 is 9.72 Å². The Labute approximate surface area is 99.7 Å². The zero-order valence-corrected chi connectivity index (χ0v) is 10.0. The van der Waals surface area contributed by atoms with Gasteiger partial charge in [-0.15, -0.1) is 6.58 Å². The van der Waals surface area contributed by atoms with E-state index in [2.05, 4.69) is 11.6 Å². The average Bonchev–Trinajstić information content (AvgIpc) is 2.34. The Morgan fingerprint density at radius 3 is 2.88 bits per heavy atom. The molecule has 0 saturated carbocycles. The third-order valence-corrected chi connectivity index (χ3v) is 2.88. The molecular formula is C14H15NO2. The number of benzene rings is 1. The van der Waals surface area contributed by atoms with Crippen LogP contribution in [0.4, 0.5) is 0 Å². The van der Waals surface area contributed by atoms with E-state index in [9.17, 15) is 4.79 Å². The summed E-state index contributed by atoms with van der Waals surface area (Å²) in [6.07, 6.45) is 2.32. The molecule has 0 amide bonds. The summed E-state index contributed by atoms with van der Waals surface area (Å²) in [5.74, 6) is 0.688. The van der Waals surface area contributed by atoms with Crippen LogP contribution in [0.5, 0.6) is 5.75 Å². The van der Waals surface area contributed by atoms with Crippen molar-refractivity contribution in [2.24, 2.45) is 0 Å². The van der Waals surface area contributed by atoms with Crippen LogP contribution in [-0.2, 0) is 6.42 Å². The maximum Gasteiger partial charge on any atom is 0.193 e. The van der Waals surface area contributed by atoms with Gasteiger partial charge in [0.25, 0.3) is 0 Å². The molecular weight excluding hydrogens is 214 g/mol. The molecule has 0 aliphatic rings. The van der Waals surface area contributed by atoms with E-state index >= 15 is 0 Å². The van der Waals surface area contributed by atoms with Crippen molar-refractivity contribution in [2.45, 2.75) is 13.3 Å². The van der Waals surface area contributed by atoms with Gasteiger partial charge in [0.2, 0.25) is 0 Å². The van der Waals surface area contributed by atoms with E-state index in [1.165, 1.54) is 0 Å². The molecule has 0 spiro atoms. The number of ether oxygens (including phenoxy) is 1. The highest BCUT2D eigenvalue weighted by atomic mass is 16.5.